The molecule has 3 rings (SSSR count). The highest BCUT2D eigenvalue weighted by atomic mass is 19.1. The lowest BCUT2D eigenvalue weighted by Crippen LogP contribution is -2.38. The number of hydrogen-bond donors (Lipinski definition) is 3. The third kappa shape index (κ3) is 4.82. The number of nitrogens with zero attached hydrogens (tertiary/aromatic N) is 1. The molecule has 25 heavy (non-hydrogen) atoms. The lowest BCUT2D eigenvalue weighted by atomic mass is 10.1. The van der Waals surface area contributed by atoms with Gasteiger partial charge in [-0.05, 0) is 43.0 Å². The molecule has 0 bridgehead atoms. The maximum absolute atomic E-state index is 13.2. The quantitative estimate of drug-likeness (QED) is 0.429. The van der Waals surface area contributed by atoms with Gasteiger partial charge in [-0.3, -0.25) is 4.99 Å². The van der Waals surface area contributed by atoms with Gasteiger partial charge in [0.05, 0.1) is 13.2 Å². The average Bonchev–Trinajstić information content (AvgIpc) is 3.03. The van der Waals surface area contributed by atoms with Gasteiger partial charge >= 0.3 is 0 Å². The summed E-state index contributed by atoms with van der Waals surface area (Å²) >= 11 is 0. The van der Waals surface area contributed by atoms with Crippen LogP contribution in [0.4, 0.5) is 4.39 Å². The average molecular weight is 344 g/mol. The van der Waals surface area contributed by atoms with Crippen molar-refractivity contribution in [2.24, 2.45) is 4.99 Å². The van der Waals surface area contributed by atoms with Crippen molar-refractivity contribution in [3.63, 3.8) is 0 Å². The van der Waals surface area contributed by atoms with E-state index in [2.05, 4.69) is 26.7 Å². The molecule has 1 aliphatic heterocycles. The second kappa shape index (κ2) is 8.67. The SMILES string of the molecule is CN=C(NCCC1=CCOCC1)NCCc1c[nH]c2cc(F)ccc12. The van der Waals surface area contributed by atoms with Crippen molar-refractivity contribution in [2.75, 3.05) is 33.4 Å². The topological polar surface area (TPSA) is 61.4 Å². The summed E-state index contributed by atoms with van der Waals surface area (Å²) in [6.45, 7) is 3.18. The minimum atomic E-state index is -0.219. The van der Waals surface area contributed by atoms with Crippen molar-refractivity contribution in [3.8, 4) is 0 Å². The van der Waals surface area contributed by atoms with Crippen molar-refractivity contribution in [1.29, 1.82) is 0 Å². The molecular formula is C19H25FN4O. The highest BCUT2D eigenvalue weighted by molar-refractivity contribution is 5.83. The lowest BCUT2D eigenvalue weighted by Gasteiger charge is -2.15. The number of nitrogens with one attached hydrogen (secondary N) is 3. The normalized spacial score (nSPS) is 15.3. The number of rotatable bonds is 6. The van der Waals surface area contributed by atoms with E-state index in [1.165, 1.54) is 23.3 Å². The number of aromatic nitrogens is 1. The van der Waals surface area contributed by atoms with Crippen molar-refractivity contribution >= 4 is 16.9 Å². The summed E-state index contributed by atoms with van der Waals surface area (Å²) in [5, 5.41) is 7.74. The zero-order valence-corrected chi connectivity index (χ0v) is 14.6. The highest BCUT2D eigenvalue weighted by Gasteiger charge is 2.06. The van der Waals surface area contributed by atoms with E-state index in [1.807, 2.05) is 12.3 Å². The van der Waals surface area contributed by atoms with Gasteiger partial charge in [-0.25, -0.2) is 4.39 Å². The Kier molecular flexibility index (Phi) is 6.06. The van der Waals surface area contributed by atoms with E-state index in [-0.39, 0.29) is 5.82 Å². The highest BCUT2D eigenvalue weighted by Crippen LogP contribution is 2.19. The fourth-order valence-electron chi connectivity index (χ4n) is 3.04. The van der Waals surface area contributed by atoms with Crippen LogP contribution in [0.1, 0.15) is 18.4 Å². The third-order valence-corrected chi connectivity index (χ3v) is 4.44. The molecule has 1 aromatic carbocycles. The molecule has 1 aromatic heterocycles. The Morgan fingerprint density at radius 1 is 1.28 bits per heavy atom. The molecule has 3 N–H and O–H groups in total. The number of aromatic amines is 1. The molecule has 0 atom stereocenters. The molecule has 134 valence electrons. The maximum Gasteiger partial charge on any atom is 0.190 e. The summed E-state index contributed by atoms with van der Waals surface area (Å²) in [5.41, 5.74) is 3.45. The van der Waals surface area contributed by atoms with E-state index in [9.17, 15) is 4.39 Å². The van der Waals surface area contributed by atoms with Crippen molar-refractivity contribution < 1.29 is 9.13 Å². The van der Waals surface area contributed by atoms with Gasteiger partial charge in [0.15, 0.2) is 5.96 Å². The van der Waals surface area contributed by atoms with Crippen LogP contribution in [-0.2, 0) is 11.2 Å². The van der Waals surface area contributed by atoms with Crippen LogP contribution < -0.4 is 10.6 Å². The number of aliphatic imine (C=N–C) groups is 1. The summed E-state index contributed by atoms with van der Waals surface area (Å²) in [6.07, 6.45) is 6.99. The van der Waals surface area contributed by atoms with Crippen molar-refractivity contribution in [1.82, 2.24) is 15.6 Å². The smallest absolute Gasteiger partial charge is 0.190 e. The molecule has 5 nitrogen and oxygen atoms in total. The van der Waals surface area contributed by atoms with E-state index < -0.39 is 0 Å². The number of H-pyrrole nitrogens is 1. The van der Waals surface area contributed by atoms with Crippen LogP contribution in [0.25, 0.3) is 10.9 Å². The van der Waals surface area contributed by atoms with E-state index >= 15 is 0 Å². The Hall–Kier alpha value is -2.34. The number of ether oxygens (including phenoxy) is 1. The van der Waals surface area contributed by atoms with Crippen LogP contribution in [0.2, 0.25) is 0 Å². The van der Waals surface area contributed by atoms with Crippen LogP contribution in [0.3, 0.4) is 0 Å². The molecule has 2 heterocycles. The van der Waals surface area contributed by atoms with Gasteiger partial charge in [-0.15, -0.1) is 0 Å². The first-order chi connectivity index (χ1) is 12.3. The van der Waals surface area contributed by atoms with Crippen LogP contribution in [0.5, 0.6) is 0 Å². The van der Waals surface area contributed by atoms with Gasteiger partial charge < -0.3 is 20.4 Å². The molecule has 0 radical (unpaired) electrons. The second-order valence-electron chi connectivity index (χ2n) is 6.12. The molecule has 0 amide bonds. The van der Waals surface area contributed by atoms with Gasteiger partial charge in [0, 0.05) is 37.2 Å². The zero-order chi connectivity index (χ0) is 17.5. The summed E-state index contributed by atoms with van der Waals surface area (Å²) in [4.78, 5) is 7.38. The standard InChI is InChI=1S/C19H25FN4O/c1-21-19(22-8-4-14-6-10-25-11-7-14)23-9-5-15-13-24-18-12-16(20)2-3-17(15)18/h2-3,6,12-13,24H,4-5,7-11H2,1H3,(H2,21,22,23). The van der Waals surface area contributed by atoms with Crippen LogP contribution in [0.15, 0.2) is 41.0 Å². The molecule has 0 aliphatic carbocycles. The summed E-state index contributed by atoms with van der Waals surface area (Å²) < 4.78 is 18.6. The molecule has 2 aromatic rings. The van der Waals surface area contributed by atoms with E-state index in [4.69, 9.17) is 4.74 Å². The van der Waals surface area contributed by atoms with Gasteiger partial charge in [0.25, 0.3) is 0 Å². The largest absolute Gasteiger partial charge is 0.377 e. The Labute approximate surface area is 147 Å². The molecule has 1 aliphatic rings. The molecule has 6 heteroatoms. The van der Waals surface area contributed by atoms with Crippen LogP contribution in [0, 0.1) is 5.82 Å². The molecule has 0 saturated heterocycles. The molecule has 0 spiro atoms. The Morgan fingerprint density at radius 2 is 2.12 bits per heavy atom. The number of hydrogen-bond acceptors (Lipinski definition) is 2. The number of guanidine groups is 1. The fraction of sp³-hybridized carbons (Fsp3) is 0.421. The van der Waals surface area contributed by atoms with Crippen LogP contribution >= 0.6 is 0 Å². The molecular weight excluding hydrogens is 319 g/mol. The van der Waals surface area contributed by atoms with Gasteiger partial charge in [-0.2, -0.15) is 0 Å². The maximum atomic E-state index is 13.2. The van der Waals surface area contributed by atoms with Crippen LogP contribution in [-0.4, -0.2) is 44.3 Å². The Bertz CT molecular complexity index is 766. The van der Waals surface area contributed by atoms with Gasteiger partial charge in [0.1, 0.15) is 5.82 Å². The van der Waals surface area contributed by atoms with E-state index in [0.717, 1.165) is 62.4 Å². The first kappa shape index (κ1) is 17.5. The number of benzene rings is 1. The van der Waals surface area contributed by atoms with Crippen molar-refractivity contribution in [2.45, 2.75) is 19.3 Å². The predicted molar refractivity (Wildman–Crippen MR) is 99.5 cm³/mol. The van der Waals surface area contributed by atoms with E-state index in [0.29, 0.717) is 0 Å². The van der Waals surface area contributed by atoms with Crippen molar-refractivity contribution in [3.05, 3.63) is 47.4 Å². The summed E-state index contributed by atoms with van der Waals surface area (Å²) in [6, 6.07) is 4.85. The molecule has 0 unspecified atom stereocenters. The summed E-state index contributed by atoms with van der Waals surface area (Å²) in [7, 11) is 1.78. The minimum Gasteiger partial charge on any atom is -0.377 e. The number of fused-ring (bicyclic) bond motifs is 1. The second-order valence-corrected chi connectivity index (χ2v) is 6.12. The molecule has 0 saturated carbocycles. The zero-order valence-electron chi connectivity index (χ0n) is 14.6. The first-order valence-corrected chi connectivity index (χ1v) is 8.72. The first-order valence-electron chi connectivity index (χ1n) is 8.72. The fourth-order valence-corrected chi connectivity index (χ4v) is 3.04. The summed E-state index contributed by atoms with van der Waals surface area (Å²) in [5.74, 6) is 0.585. The monoisotopic (exact) mass is 344 g/mol. The molecule has 0 fully saturated rings. The Morgan fingerprint density at radius 3 is 2.88 bits per heavy atom. The van der Waals surface area contributed by atoms with E-state index in [1.54, 1.807) is 7.05 Å². The minimum absolute atomic E-state index is 0.219. The van der Waals surface area contributed by atoms with Gasteiger partial charge in [0.2, 0.25) is 0 Å². The predicted octanol–water partition coefficient (Wildman–Crippen LogP) is 2.75. The van der Waals surface area contributed by atoms with Gasteiger partial charge in [-0.1, -0.05) is 11.6 Å². The lowest BCUT2D eigenvalue weighted by molar-refractivity contribution is 0.153. The number of halogens is 1. The Balaban J connectivity index is 1.44. The third-order valence-electron chi connectivity index (χ3n) is 4.44.